The highest BCUT2D eigenvalue weighted by molar-refractivity contribution is 5.97. The van der Waals surface area contributed by atoms with Gasteiger partial charge in [-0.3, -0.25) is 4.79 Å². The van der Waals surface area contributed by atoms with Crippen molar-refractivity contribution in [3.63, 3.8) is 0 Å². The second-order valence-corrected chi connectivity index (χ2v) is 6.57. The lowest BCUT2D eigenvalue weighted by Crippen LogP contribution is -2.29. The zero-order valence-electron chi connectivity index (χ0n) is 17.3. The van der Waals surface area contributed by atoms with Gasteiger partial charge in [0, 0.05) is 18.3 Å². The molecule has 0 aliphatic carbocycles. The zero-order chi connectivity index (χ0) is 21.2. The lowest BCUT2D eigenvalue weighted by molar-refractivity contribution is -0.117. The van der Waals surface area contributed by atoms with Crippen molar-refractivity contribution in [3.05, 3.63) is 70.9 Å². The highest BCUT2D eigenvalue weighted by Crippen LogP contribution is 2.26. The van der Waals surface area contributed by atoms with Crippen molar-refractivity contribution < 1.29 is 14.3 Å². The molecule has 0 heterocycles. The molecule has 0 aliphatic rings. The molecule has 1 amide bonds. The van der Waals surface area contributed by atoms with Gasteiger partial charge in [0.05, 0.1) is 19.8 Å². The molecular weight excluding hydrogens is 366 g/mol. The van der Waals surface area contributed by atoms with Crippen LogP contribution in [0.25, 0.3) is 0 Å². The summed E-state index contributed by atoms with van der Waals surface area (Å²) in [7, 11) is 1.61. The first-order valence-electron chi connectivity index (χ1n) is 9.49. The molecule has 2 rings (SSSR count). The van der Waals surface area contributed by atoms with E-state index in [0.717, 1.165) is 28.2 Å². The van der Waals surface area contributed by atoms with E-state index in [1.165, 1.54) is 6.20 Å². The van der Waals surface area contributed by atoms with Crippen LogP contribution < -0.4 is 20.1 Å². The highest BCUT2D eigenvalue weighted by Gasteiger charge is 2.17. The van der Waals surface area contributed by atoms with Crippen LogP contribution in [0.2, 0.25) is 0 Å². The van der Waals surface area contributed by atoms with Crippen LogP contribution in [0.4, 0.5) is 0 Å². The molecule has 2 N–H and O–H groups in total. The Bertz CT molecular complexity index is 899. The Morgan fingerprint density at radius 1 is 1.24 bits per heavy atom. The van der Waals surface area contributed by atoms with Gasteiger partial charge in [-0.25, -0.2) is 0 Å². The summed E-state index contributed by atoms with van der Waals surface area (Å²) in [6, 6.07) is 15.0. The molecule has 2 aromatic carbocycles. The molecule has 0 spiro atoms. The van der Waals surface area contributed by atoms with Crippen LogP contribution in [0.1, 0.15) is 36.6 Å². The van der Waals surface area contributed by atoms with Crippen LogP contribution in [0.3, 0.4) is 0 Å². The summed E-state index contributed by atoms with van der Waals surface area (Å²) in [6.07, 6.45) is 1.44. The first kappa shape index (κ1) is 21.8. The number of nitrogens with one attached hydrogen (secondary N) is 2. The van der Waals surface area contributed by atoms with Gasteiger partial charge in [-0.2, -0.15) is 5.26 Å². The normalized spacial score (nSPS) is 11.9. The fraction of sp³-hybridized carbons (Fsp3) is 0.304. The Morgan fingerprint density at radius 3 is 2.59 bits per heavy atom. The summed E-state index contributed by atoms with van der Waals surface area (Å²) >= 11 is 0. The van der Waals surface area contributed by atoms with Gasteiger partial charge in [-0.05, 0) is 44.5 Å². The fourth-order valence-corrected chi connectivity index (χ4v) is 2.81. The van der Waals surface area contributed by atoms with E-state index in [2.05, 4.69) is 10.6 Å². The summed E-state index contributed by atoms with van der Waals surface area (Å²) in [5, 5.41) is 15.3. The second-order valence-electron chi connectivity index (χ2n) is 6.57. The van der Waals surface area contributed by atoms with Crippen LogP contribution in [-0.4, -0.2) is 19.6 Å². The molecule has 1 unspecified atom stereocenters. The van der Waals surface area contributed by atoms with E-state index in [9.17, 15) is 10.1 Å². The van der Waals surface area contributed by atoms with E-state index in [0.29, 0.717) is 13.2 Å². The summed E-state index contributed by atoms with van der Waals surface area (Å²) in [6.45, 7) is 6.80. The summed E-state index contributed by atoms with van der Waals surface area (Å²) in [4.78, 5) is 12.5. The molecule has 6 heteroatoms. The minimum atomic E-state index is -0.439. The van der Waals surface area contributed by atoms with Gasteiger partial charge in [-0.15, -0.1) is 0 Å². The first-order valence-corrected chi connectivity index (χ1v) is 9.49. The topological polar surface area (TPSA) is 83.4 Å². The van der Waals surface area contributed by atoms with Crippen molar-refractivity contribution in [1.82, 2.24) is 10.6 Å². The van der Waals surface area contributed by atoms with Gasteiger partial charge in [-0.1, -0.05) is 29.8 Å². The van der Waals surface area contributed by atoms with Crippen molar-refractivity contribution in [2.45, 2.75) is 33.4 Å². The first-order chi connectivity index (χ1) is 14.0. The summed E-state index contributed by atoms with van der Waals surface area (Å²) in [5.41, 5.74) is 2.97. The number of hydrogen-bond acceptors (Lipinski definition) is 5. The van der Waals surface area contributed by atoms with Crippen molar-refractivity contribution in [3.8, 4) is 17.6 Å². The number of nitriles is 1. The molecule has 0 radical (unpaired) electrons. The summed E-state index contributed by atoms with van der Waals surface area (Å²) in [5.74, 6) is 1.06. The molecule has 0 bridgehead atoms. The van der Waals surface area contributed by atoms with Crippen molar-refractivity contribution >= 4 is 5.91 Å². The van der Waals surface area contributed by atoms with Crippen molar-refractivity contribution in [2.24, 2.45) is 0 Å². The number of methoxy groups -OCH3 is 1. The molecular formula is C23H27N3O3. The standard InChI is InChI=1S/C23H27N3O3/c1-5-29-22-11-6-16(2)12-21(22)17(3)26-23(27)19(13-24)15-25-14-18-7-9-20(28-4)10-8-18/h6-12,15,17,25H,5,14H2,1-4H3,(H,26,27)/b19-15-. The Morgan fingerprint density at radius 2 is 1.97 bits per heavy atom. The zero-order valence-corrected chi connectivity index (χ0v) is 17.3. The molecule has 0 aliphatic heterocycles. The quantitative estimate of drug-likeness (QED) is 0.500. The van der Waals surface area contributed by atoms with E-state index in [1.54, 1.807) is 7.11 Å². The highest BCUT2D eigenvalue weighted by atomic mass is 16.5. The van der Waals surface area contributed by atoms with E-state index in [4.69, 9.17) is 9.47 Å². The Hall–Kier alpha value is -3.46. The number of ether oxygens (including phenoxy) is 2. The number of carbonyl (C=O) groups excluding carboxylic acids is 1. The smallest absolute Gasteiger partial charge is 0.263 e. The maximum absolute atomic E-state index is 12.5. The molecule has 2 aromatic rings. The van der Waals surface area contributed by atoms with Gasteiger partial charge in [0.2, 0.25) is 0 Å². The predicted molar refractivity (Wildman–Crippen MR) is 112 cm³/mol. The minimum absolute atomic E-state index is 0.0102. The van der Waals surface area contributed by atoms with Crippen LogP contribution in [-0.2, 0) is 11.3 Å². The Balaban J connectivity index is 2.02. The third kappa shape index (κ3) is 6.28. The number of amides is 1. The fourth-order valence-electron chi connectivity index (χ4n) is 2.81. The number of nitrogens with zero attached hydrogens (tertiary/aromatic N) is 1. The average Bonchev–Trinajstić information content (AvgIpc) is 2.73. The van der Waals surface area contributed by atoms with Crippen molar-refractivity contribution in [2.75, 3.05) is 13.7 Å². The van der Waals surface area contributed by atoms with Gasteiger partial charge in [0.25, 0.3) is 5.91 Å². The molecule has 152 valence electrons. The number of aryl methyl sites for hydroxylation is 1. The number of benzene rings is 2. The number of rotatable bonds is 9. The SMILES string of the molecule is CCOc1ccc(C)cc1C(C)NC(=O)/C(C#N)=C\NCc1ccc(OC)cc1. The number of carbonyl (C=O) groups is 1. The molecule has 6 nitrogen and oxygen atoms in total. The van der Waals surface area contributed by atoms with E-state index in [1.807, 2.05) is 69.3 Å². The van der Waals surface area contributed by atoms with Crippen LogP contribution in [0.5, 0.6) is 11.5 Å². The lowest BCUT2D eigenvalue weighted by Gasteiger charge is -2.18. The monoisotopic (exact) mass is 393 g/mol. The maximum atomic E-state index is 12.5. The predicted octanol–water partition coefficient (Wildman–Crippen LogP) is 3.78. The van der Waals surface area contributed by atoms with Crippen molar-refractivity contribution in [1.29, 1.82) is 5.26 Å². The van der Waals surface area contributed by atoms with Crippen LogP contribution in [0, 0.1) is 18.3 Å². The minimum Gasteiger partial charge on any atom is -0.497 e. The molecule has 0 saturated carbocycles. The van der Waals surface area contributed by atoms with Crippen LogP contribution >= 0.6 is 0 Å². The van der Waals surface area contributed by atoms with Gasteiger partial charge >= 0.3 is 0 Å². The largest absolute Gasteiger partial charge is 0.497 e. The van der Waals surface area contributed by atoms with E-state index in [-0.39, 0.29) is 11.6 Å². The third-order valence-corrected chi connectivity index (χ3v) is 4.36. The average molecular weight is 393 g/mol. The molecule has 0 saturated heterocycles. The van der Waals surface area contributed by atoms with E-state index < -0.39 is 5.91 Å². The van der Waals surface area contributed by atoms with Crippen LogP contribution in [0.15, 0.2) is 54.2 Å². The molecule has 0 fully saturated rings. The maximum Gasteiger partial charge on any atom is 0.263 e. The van der Waals surface area contributed by atoms with Gasteiger partial charge < -0.3 is 20.1 Å². The summed E-state index contributed by atoms with van der Waals surface area (Å²) < 4.78 is 10.8. The third-order valence-electron chi connectivity index (χ3n) is 4.36. The molecule has 1 atom stereocenters. The second kappa shape index (κ2) is 10.8. The van der Waals surface area contributed by atoms with Gasteiger partial charge in [0.15, 0.2) is 0 Å². The number of hydrogen-bond donors (Lipinski definition) is 2. The van der Waals surface area contributed by atoms with Gasteiger partial charge in [0.1, 0.15) is 23.1 Å². The Kier molecular flexibility index (Phi) is 8.11. The van der Waals surface area contributed by atoms with E-state index >= 15 is 0 Å². The Labute approximate surface area is 172 Å². The molecule has 29 heavy (non-hydrogen) atoms. The lowest BCUT2D eigenvalue weighted by atomic mass is 10.0. The molecule has 0 aromatic heterocycles.